The number of imide groups is 1. The molecular weight excluding hydrogens is 222 g/mol. The first kappa shape index (κ1) is 13.1. The van der Waals surface area contributed by atoms with Gasteiger partial charge in [0.1, 0.15) is 0 Å². The molecule has 0 bridgehead atoms. The molecule has 0 atom stereocenters. The van der Waals surface area contributed by atoms with Gasteiger partial charge in [-0.1, -0.05) is 6.42 Å². The van der Waals surface area contributed by atoms with E-state index in [1.54, 1.807) is 0 Å². The van der Waals surface area contributed by atoms with E-state index in [9.17, 15) is 9.59 Å². The summed E-state index contributed by atoms with van der Waals surface area (Å²) in [7, 11) is 0. The predicted molar refractivity (Wildman–Crippen MR) is 61.5 cm³/mol. The normalized spacial score (nSPS) is 14.0. The van der Waals surface area contributed by atoms with Gasteiger partial charge in [0.2, 0.25) is 0 Å². The minimum absolute atomic E-state index is 0.222. The molecule has 1 rings (SSSR count). The maximum absolute atomic E-state index is 11.2. The van der Waals surface area contributed by atoms with Crippen LogP contribution in [0.2, 0.25) is 0 Å². The molecular formula is C10H15N5O2. The summed E-state index contributed by atoms with van der Waals surface area (Å²) in [4.78, 5) is 26.2. The molecule has 7 nitrogen and oxygen atoms in total. The van der Waals surface area contributed by atoms with Crippen molar-refractivity contribution in [3.63, 3.8) is 0 Å². The van der Waals surface area contributed by atoms with Crippen LogP contribution in [-0.2, 0) is 9.59 Å². The number of carbonyl (C=O) groups is 2. The van der Waals surface area contributed by atoms with Crippen molar-refractivity contribution in [1.82, 2.24) is 10.3 Å². The van der Waals surface area contributed by atoms with Gasteiger partial charge in [0.25, 0.3) is 11.8 Å². The van der Waals surface area contributed by atoms with Crippen LogP contribution in [0.25, 0.3) is 10.4 Å². The van der Waals surface area contributed by atoms with Crippen molar-refractivity contribution < 1.29 is 9.59 Å². The fourth-order valence-corrected chi connectivity index (χ4v) is 1.56. The van der Waals surface area contributed by atoms with Crippen LogP contribution in [0.4, 0.5) is 0 Å². The number of nitrogens with zero attached hydrogens (tertiary/aromatic N) is 4. The standard InChI is InChI=1S/C10H15N5O2/c11-13-14-12-7-3-1-2-4-8-15-9(16)5-6-10(15)17/h5-6,12H,1-4,7-8H2. The maximum atomic E-state index is 11.2. The van der Waals surface area contributed by atoms with Gasteiger partial charge < -0.3 is 0 Å². The third kappa shape index (κ3) is 4.56. The number of hydrogen-bond acceptors (Lipinski definition) is 3. The Hall–Kier alpha value is -2.01. The lowest BCUT2D eigenvalue weighted by Crippen LogP contribution is -2.30. The van der Waals surface area contributed by atoms with Crippen molar-refractivity contribution in [2.24, 2.45) is 5.22 Å². The third-order valence-electron chi connectivity index (χ3n) is 2.44. The lowest BCUT2D eigenvalue weighted by atomic mass is 10.2. The predicted octanol–water partition coefficient (Wildman–Crippen LogP) is 1.29. The first-order chi connectivity index (χ1) is 8.25. The van der Waals surface area contributed by atoms with E-state index in [4.69, 9.17) is 5.53 Å². The molecule has 1 aliphatic rings. The summed E-state index contributed by atoms with van der Waals surface area (Å²) in [5.74, 6) is -0.444. The lowest BCUT2D eigenvalue weighted by Gasteiger charge is -2.12. The molecule has 7 heteroatoms. The smallest absolute Gasteiger partial charge is 0.253 e. The van der Waals surface area contributed by atoms with Crippen LogP contribution in [0.15, 0.2) is 17.4 Å². The summed E-state index contributed by atoms with van der Waals surface area (Å²) in [5, 5.41) is 3.20. The minimum Gasteiger partial charge on any atom is -0.275 e. The van der Waals surface area contributed by atoms with Crippen LogP contribution in [0.1, 0.15) is 25.7 Å². The van der Waals surface area contributed by atoms with Gasteiger partial charge in [-0.15, -0.1) is 5.53 Å². The molecule has 0 saturated carbocycles. The molecule has 0 spiro atoms. The van der Waals surface area contributed by atoms with Gasteiger partial charge in [0.15, 0.2) is 0 Å². The van der Waals surface area contributed by atoms with Crippen LogP contribution < -0.4 is 5.43 Å². The number of azide groups is 1. The highest BCUT2D eigenvalue weighted by Crippen LogP contribution is 2.07. The summed E-state index contributed by atoms with van der Waals surface area (Å²) in [6.07, 6.45) is 6.21. The van der Waals surface area contributed by atoms with Gasteiger partial charge >= 0.3 is 0 Å². The molecule has 0 aromatic rings. The van der Waals surface area contributed by atoms with Gasteiger partial charge in [-0.3, -0.25) is 19.9 Å². The van der Waals surface area contributed by atoms with Gasteiger partial charge in [0, 0.05) is 18.7 Å². The molecule has 0 saturated heterocycles. The highest BCUT2D eigenvalue weighted by Gasteiger charge is 2.21. The quantitative estimate of drug-likeness (QED) is 0.172. The monoisotopic (exact) mass is 237 g/mol. The zero-order valence-corrected chi connectivity index (χ0v) is 9.50. The molecule has 0 unspecified atom stereocenters. The number of hydrogen-bond donors (Lipinski definition) is 1. The Balaban J connectivity index is 1.99. The molecule has 0 radical (unpaired) electrons. The Kier molecular flexibility index (Phi) is 5.60. The van der Waals surface area contributed by atoms with E-state index in [0.717, 1.165) is 25.7 Å². The van der Waals surface area contributed by atoms with Crippen LogP contribution in [-0.4, -0.2) is 29.8 Å². The molecule has 0 aromatic heterocycles. The van der Waals surface area contributed by atoms with Gasteiger partial charge in [-0.25, -0.2) is 0 Å². The number of unbranched alkanes of at least 4 members (excludes halogenated alkanes) is 3. The molecule has 2 amide bonds. The second-order valence-corrected chi connectivity index (χ2v) is 3.67. The van der Waals surface area contributed by atoms with Gasteiger partial charge in [0.05, 0.1) is 6.54 Å². The highest BCUT2D eigenvalue weighted by molar-refractivity contribution is 6.12. The van der Waals surface area contributed by atoms with Gasteiger partial charge in [-0.2, -0.15) is 4.91 Å². The summed E-state index contributed by atoms with van der Waals surface area (Å²) < 4.78 is 0. The highest BCUT2D eigenvalue weighted by atomic mass is 16.2. The zero-order valence-electron chi connectivity index (χ0n) is 9.50. The van der Waals surface area contributed by atoms with Crippen molar-refractivity contribution >= 4 is 11.8 Å². The van der Waals surface area contributed by atoms with Gasteiger partial charge in [-0.05, 0) is 24.5 Å². The van der Waals surface area contributed by atoms with Crippen LogP contribution in [0.3, 0.4) is 0 Å². The number of rotatable bonds is 8. The Labute approximate surface area is 99.1 Å². The second-order valence-electron chi connectivity index (χ2n) is 3.67. The van der Waals surface area contributed by atoms with Crippen molar-refractivity contribution in [1.29, 1.82) is 0 Å². The zero-order chi connectivity index (χ0) is 12.5. The Bertz CT molecular complexity index is 342. The average molecular weight is 237 g/mol. The van der Waals surface area contributed by atoms with E-state index in [1.807, 2.05) is 0 Å². The summed E-state index contributed by atoms with van der Waals surface area (Å²) >= 11 is 0. The van der Waals surface area contributed by atoms with Crippen LogP contribution in [0, 0.1) is 0 Å². The Morgan fingerprint density at radius 3 is 2.47 bits per heavy atom. The summed E-state index contributed by atoms with van der Waals surface area (Å²) in [5.41, 5.74) is 10.6. The molecule has 0 aromatic carbocycles. The molecule has 17 heavy (non-hydrogen) atoms. The second kappa shape index (κ2) is 7.29. The van der Waals surface area contributed by atoms with E-state index in [1.165, 1.54) is 17.1 Å². The molecule has 1 heterocycles. The van der Waals surface area contributed by atoms with E-state index in [2.05, 4.69) is 15.6 Å². The Morgan fingerprint density at radius 1 is 1.18 bits per heavy atom. The Morgan fingerprint density at radius 2 is 1.82 bits per heavy atom. The van der Waals surface area contributed by atoms with Crippen molar-refractivity contribution in [2.45, 2.75) is 25.7 Å². The van der Waals surface area contributed by atoms with E-state index in [-0.39, 0.29) is 11.8 Å². The topological polar surface area (TPSA) is 98.2 Å². The average Bonchev–Trinajstić information content (AvgIpc) is 2.63. The first-order valence-corrected chi connectivity index (χ1v) is 5.56. The number of amides is 2. The fraction of sp³-hybridized carbons (Fsp3) is 0.600. The fourth-order valence-electron chi connectivity index (χ4n) is 1.56. The number of carbonyl (C=O) groups excluding carboxylic acids is 2. The molecule has 92 valence electrons. The lowest BCUT2D eigenvalue weighted by molar-refractivity contribution is -0.136. The minimum atomic E-state index is -0.222. The van der Waals surface area contributed by atoms with Crippen molar-refractivity contribution in [2.75, 3.05) is 13.1 Å². The molecule has 0 aliphatic carbocycles. The SMILES string of the molecule is [N-]=[N+]=NNCCCCCCN1C(=O)C=CC1=O. The van der Waals surface area contributed by atoms with Crippen LogP contribution >= 0.6 is 0 Å². The van der Waals surface area contributed by atoms with E-state index >= 15 is 0 Å². The van der Waals surface area contributed by atoms with Crippen molar-refractivity contribution in [3.05, 3.63) is 22.6 Å². The molecule has 0 fully saturated rings. The van der Waals surface area contributed by atoms with E-state index < -0.39 is 0 Å². The third-order valence-corrected chi connectivity index (χ3v) is 2.44. The summed E-state index contributed by atoms with van der Waals surface area (Å²) in [6.45, 7) is 1.13. The van der Waals surface area contributed by atoms with Crippen LogP contribution in [0.5, 0.6) is 0 Å². The van der Waals surface area contributed by atoms with E-state index in [0.29, 0.717) is 13.1 Å². The first-order valence-electron chi connectivity index (χ1n) is 5.56. The maximum Gasteiger partial charge on any atom is 0.253 e. The van der Waals surface area contributed by atoms with Crippen molar-refractivity contribution in [3.8, 4) is 0 Å². The largest absolute Gasteiger partial charge is 0.275 e. The summed E-state index contributed by atoms with van der Waals surface area (Å²) in [6, 6.07) is 0. The number of nitrogens with one attached hydrogen (secondary N) is 1. The molecule has 1 N–H and O–H groups in total. The molecule has 1 aliphatic heterocycles.